The third kappa shape index (κ3) is 2.35. The zero-order chi connectivity index (χ0) is 13.6. The van der Waals surface area contributed by atoms with Crippen LogP contribution in [-0.4, -0.2) is 30.8 Å². The molecule has 2 fully saturated rings. The van der Waals surface area contributed by atoms with Gasteiger partial charge in [-0.05, 0) is 43.9 Å². The van der Waals surface area contributed by atoms with Gasteiger partial charge in [-0.1, -0.05) is 22.0 Å². The van der Waals surface area contributed by atoms with Crippen LogP contribution >= 0.6 is 15.9 Å². The summed E-state index contributed by atoms with van der Waals surface area (Å²) in [6, 6.07) is 7.23. The van der Waals surface area contributed by atoms with Crippen LogP contribution in [0.2, 0.25) is 0 Å². The predicted molar refractivity (Wildman–Crippen MR) is 77.2 cm³/mol. The number of fused-ring (bicyclic) bond motifs is 2. The van der Waals surface area contributed by atoms with Gasteiger partial charge in [0.25, 0.3) is 0 Å². The predicted octanol–water partition coefficient (Wildman–Crippen LogP) is 2.09. The van der Waals surface area contributed by atoms with Crippen LogP contribution in [0.15, 0.2) is 33.6 Å². The molecule has 3 rings (SSSR count). The van der Waals surface area contributed by atoms with Crippen LogP contribution < -0.4 is 5.73 Å². The van der Waals surface area contributed by atoms with Crippen LogP contribution in [-0.2, 0) is 10.0 Å². The molecule has 2 unspecified atom stereocenters. The molecule has 4 nitrogen and oxygen atoms in total. The van der Waals surface area contributed by atoms with Crippen molar-refractivity contribution in [3.8, 4) is 0 Å². The van der Waals surface area contributed by atoms with Crippen molar-refractivity contribution in [1.29, 1.82) is 0 Å². The fourth-order valence-electron chi connectivity index (χ4n) is 3.32. The smallest absolute Gasteiger partial charge is 0.243 e. The lowest BCUT2D eigenvalue weighted by Crippen LogP contribution is -2.49. The van der Waals surface area contributed by atoms with E-state index in [4.69, 9.17) is 5.73 Å². The van der Waals surface area contributed by atoms with Gasteiger partial charge in [0.15, 0.2) is 0 Å². The molecular weight excluding hydrogens is 328 g/mol. The molecule has 2 heterocycles. The van der Waals surface area contributed by atoms with Gasteiger partial charge in [0, 0.05) is 22.6 Å². The van der Waals surface area contributed by atoms with Gasteiger partial charge in [-0.15, -0.1) is 0 Å². The maximum Gasteiger partial charge on any atom is 0.243 e. The monoisotopic (exact) mass is 344 g/mol. The van der Waals surface area contributed by atoms with Gasteiger partial charge in [0.1, 0.15) is 0 Å². The van der Waals surface area contributed by atoms with E-state index in [0.29, 0.717) is 4.90 Å². The highest BCUT2D eigenvalue weighted by atomic mass is 79.9. The molecule has 0 amide bonds. The van der Waals surface area contributed by atoms with Gasteiger partial charge < -0.3 is 5.73 Å². The molecule has 0 aromatic heterocycles. The van der Waals surface area contributed by atoms with E-state index in [-0.39, 0.29) is 18.1 Å². The molecule has 104 valence electrons. The van der Waals surface area contributed by atoms with Crippen molar-refractivity contribution in [2.24, 2.45) is 5.73 Å². The molecule has 2 N–H and O–H groups in total. The van der Waals surface area contributed by atoms with E-state index in [1.165, 1.54) is 0 Å². The third-order valence-corrected chi connectivity index (χ3v) is 6.57. The molecule has 0 spiro atoms. The summed E-state index contributed by atoms with van der Waals surface area (Å²) in [4.78, 5) is 0.370. The minimum absolute atomic E-state index is 0.0812. The fourth-order valence-corrected chi connectivity index (χ4v) is 5.81. The Hall–Kier alpha value is -0.430. The molecule has 0 aliphatic carbocycles. The second-order valence-electron chi connectivity index (χ2n) is 5.41. The van der Waals surface area contributed by atoms with Gasteiger partial charge in [0.2, 0.25) is 10.0 Å². The Morgan fingerprint density at radius 2 is 1.84 bits per heavy atom. The first-order chi connectivity index (χ1) is 8.98. The molecule has 2 aliphatic rings. The Kier molecular flexibility index (Phi) is 3.45. The van der Waals surface area contributed by atoms with Gasteiger partial charge in [-0.25, -0.2) is 8.42 Å². The number of nitrogens with zero attached hydrogens (tertiary/aromatic N) is 1. The number of piperidine rings is 1. The van der Waals surface area contributed by atoms with Crippen LogP contribution in [0, 0.1) is 0 Å². The molecule has 1 aromatic rings. The average molecular weight is 345 g/mol. The lowest BCUT2D eigenvalue weighted by atomic mass is 10.0. The number of nitrogens with two attached hydrogens (primary N) is 1. The van der Waals surface area contributed by atoms with Crippen LogP contribution in [0.25, 0.3) is 0 Å². The maximum atomic E-state index is 12.8. The van der Waals surface area contributed by atoms with Gasteiger partial charge in [-0.2, -0.15) is 4.31 Å². The molecule has 2 saturated heterocycles. The first-order valence-corrected chi connectivity index (χ1v) is 8.76. The fraction of sp³-hybridized carbons (Fsp3) is 0.538. The number of benzene rings is 1. The summed E-state index contributed by atoms with van der Waals surface area (Å²) < 4.78 is 28.0. The standard InChI is InChI=1S/C13H17BrN2O2S/c14-9-2-1-3-13(6-9)19(17,18)16-11-4-5-12(16)8-10(15)7-11/h1-3,6,10-12H,4-5,7-8,15H2. The quantitative estimate of drug-likeness (QED) is 0.893. The van der Waals surface area contributed by atoms with Gasteiger partial charge >= 0.3 is 0 Å². The van der Waals surface area contributed by atoms with Crippen molar-refractivity contribution in [2.75, 3.05) is 0 Å². The molecule has 0 radical (unpaired) electrons. The summed E-state index contributed by atoms with van der Waals surface area (Å²) in [5.41, 5.74) is 5.99. The first-order valence-electron chi connectivity index (χ1n) is 6.53. The minimum Gasteiger partial charge on any atom is -0.328 e. The third-order valence-electron chi connectivity index (χ3n) is 4.07. The Morgan fingerprint density at radius 3 is 2.42 bits per heavy atom. The number of hydrogen-bond donors (Lipinski definition) is 1. The highest BCUT2D eigenvalue weighted by Crippen LogP contribution is 2.39. The molecule has 19 heavy (non-hydrogen) atoms. The van der Waals surface area contributed by atoms with E-state index in [2.05, 4.69) is 15.9 Å². The van der Waals surface area contributed by atoms with Gasteiger partial charge in [-0.3, -0.25) is 0 Å². The van der Waals surface area contributed by atoms with E-state index >= 15 is 0 Å². The lowest BCUT2D eigenvalue weighted by Gasteiger charge is -2.36. The molecule has 2 atom stereocenters. The highest BCUT2D eigenvalue weighted by molar-refractivity contribution is 9.10. The largest absolute Gasteiger partial charge is 0.328 e. The topological polar surface area (TPSA) is 63.4 Å². The summed E-state index contributed by atoms with van der Waals surface area (Å²) in [6.07, 6.45) is 3.44. The summed E-state index contributed by atoms with van der Waals surface area (Å²) in [6.45, 7) is 0. The lowest BCUT2D eigenvalue weighted by molar-refractivity contribution is 0.227. The van der Waals surface area contributed by atoms with Crippen molar-refractivity contribution in [3.63, 3.8) is 0 Å². The van der Waals surface area contributed by atoms with Crippen LogP contribution in [0.4, 0.5) is 0 Å². The SMILES string of the molecule is NC1CC2CCC(C1)N2S(=O)(=O)c1cccc(Br)c1. The first kappa shape index (κ1) is 13.5. The van der Waals surface area contributed by atoms with Crippen molar-refractivity contribution < 1.29 is 8.42 Å². The minimum atomic E-state index is -3.40. The van der Waals surface area contributed by atoms with Crippen LogP contribution in [0.5, 0.6) is 0 Å². The van der Waals surface area contributed by atoms with Crippen molar-refractivity contribution in [3.05, 3.63) is 28.7 Å². The summed E-state index contributed by atoms with van der Waals surface area (Å²) in [5, 5.41) is 0. The molecular formula is C13H17BrN2O2S. The molecule has 6 heteroatoms. The summed E-state index contributed by atoms with van der Waals surface area (Å²) in [5.74, 6) is 0. The number of halogens is 1. The van der Waals surface area contributed by atoms with Crippen LogP contribution in [0.1, 0.15) is 25.7 Å². The molecule has 2 aliphatic heterocycles. The maximum absolute atomic E-state index is 12.8. The van der Waals surface area contributed by atoms with E-state index in [1.807, 2.05) is 6.07 Å². The van der Waals surface area contributed by atoms with Crippen molar-refractivity contribution in [2.45, 2.75) is 48.7 Å². The number of sulfonamides is 1. The van der Waals surface area contributed by atoms with E-state index < -0.39 is 10.0 Å². The Labute approximate surface area is 122 Å². The highest BCUT2D eigenvalue weighted by Gasteiger charge is 2.46. The second kappa shape index (κ2) is 4.84. The normalized spacial score (nSPS) is 31.6. The van der Waals surface area contributed by atoms with Crippen molar-refractivity contribution in [1.82, 2.24) is 4.31 Å². The van der Waals surface area contributed by atoms with E-state index in [1.54, 1.807) is 22.5 Å². The molecule has 2 bridgehead atoms. The second-order valence-corrected chi connectivity index (χ2v) is 8.17. The zero-order valence-corrected chi connectivity index (χ0v) is 12.9. The Morgan fingerprint density at radius 1 is 1.21 bits per heavy atom. The number of rotatable bonds is 2. The van der Waals surface area contributed by atoms with Crippen LogP contribution in [0.3, 0.4) is 0 Å². The van der Waals surface area contributed by atoms with E-state index in [0.717, 1.165) is 30.2 Å². The number of hydrogen-bond acceptors (Lipinski definition) is 3. The summed E-state index contributed by atoms with van der Waals surface area (Å²) >= 11 is 3.33. The Balaban J connectivity index is 1.98. The molecule has 0 saturated carbocycles. The molecule has 1 aromatic carbocycles. The summed E-state index contributed by atoms with van der Waals surface area (Å²) in [7, 11) is -3.40. The van der Waals surface area contributed by atoms with Crippen molar-refractivity contribution >= 4 is 26.0 Å². The zero-order valence-electron chi connectivity index (χ0n) is 10.5. The Bertz CT molecular complexity index is 576. The van der Waals surface area contributed by atoms with Gasteiger partial charge in [0.05, 0.1) is 4.90 Å². The van der Waals surface area contributed by atoms with E-state index in [9.17, 15) is 8.42 Å². The average Bonchev–Trinajstić information content (AvgIpc) is 2.63.